The average molecular weight is 270 g/mol. The molecule has 0 aliphatic heterocycles. The van der Waals surface area contributed by atoms with Crippen molar-refractivity contribution in [1.29, 1.82) is 0 Å². The SMILES string of the molecule is CCCCOP(=O)(CCCC)Oc1ccccc1. The predicted octanol–water partition coefficient (Wildman–Crippen LogP) is 4.88. The molecule has 1 unspecified atom stereocenters. The number of hydrogen-bond acceptors (Lipinski definition) is 3. The molecule has 0 spiro atoms. The van der Waals surface area contributed by atoms with Crippen molar-refractivity contribution in [1.82, 2.24) is 0 Å². The molecule has 0 amide bonds. The maximum atomic E-state index is 12.6. The van der Waals surface area contributed by atoms with Gasteiger partial charge in [-0.05, 0) is 25.0 Å². The first kappa shape index (κ1) is 15.3. The highest BCUT2D eigenvalue weighted by Gasteiger charge is 2.25. The quantitative estimate of drug-likeness (QED) is 0.474. The van der Waals surface area contributed by atoms with Crippen molar-refractivity contribution in [2.75, 3.05) is 12.8 Å². The van der Waals surface area contributed by atoms with Gasteiger partial charge in [0.1, 0.15) is 5.75 Å². The Balaban J connectivity index is 2.61. The third kappa shape index (κ3) is 5.70. The highest BCUT2D eigenvalue weighted by Crippen LogP contribution is 2.49. The average Bonchev–Trinajstić information content (AvgIpc) is 2.38. The zero-order valence-corrected chi connectivity index (χ0v) is 12.2. The van der Waals surface area contributed by atoms with Gasteiger partial charge >= 0.3 is 7.60 Å². The number of benzene rings is 1. The van der Waals surface area contributed by atoms with Crippen LogP contribution in [0.3, 0.4) is 0 Å². The summed E-state index contributed by atoms with van der Waals surface area (Å²) in [5, 5.41) is 0. The molecule has 0 radical (unpaired) electrons. The lowest BCUT2D eigenvalue weighted by molar-refractivity contribution is 0.259. The van der Waals surface area contributed by atoms with E-state index in [2.05, 4.69) is 13.8 Å². The highest BCUT2D eigenvalue weighted by atomic mass is 31.2. The first-order chi connectivity index (χ1) is 8.70. The molecule has 0 bridgehead atoms. The molecule has 1 rings (SSSR count). The van der Waals surface area contributed by atoms with Gasteiger partial charge in [0.05, 0.1) is 12.8 Å². The van der Waals surface area contributed by atoms with E-state index in [0.29, 0.717) is 18.5 Å². The molecule has 0 saturated heterocycles. The van der Waals surface area contributed by atoms with Crippen LogP contribution in [0.25, 0.3) is 0 Å². The number of rotatable bonds is 9. The molecular formula is C14H23O3P. The Morgan fingerprint density at radius 3 is 2.33 bits per heavy atom. The van der Waals surface area contributed by atoms with Crippen LogP contribution >= 0.6 is 7.60 Å². The minimum absolute atomic E-state index is 0.488. The van der Waals surface area contributed by atoms with Crippen molar-refractivity contribution in [3.05, 3.63) is 30.3 Å². The van der Waals surface area contributed by atoms with Crippen molar-refractivity contribution in [2.45, 2.75) is 39.5 Å². The van der Waals surface area contributed by atoms with Gasteiger partial charge in [-0.1, -0.05) is 44.9 Å². The lowest BCUT2D eigenvalue weighted by Crippen LogP contribution is -2.04. The van der Waals surface area contributed by atoms with Crippen molar-refractivity contribution in [2.24, 2.45) is 0 Å². The summed E-state index contributed by atoms with van der Waals surface area (Å²) < 4.78 is 23.7. The summed E-state index contributed by atoms with van der Waals surface area (Å²) >= 11 is 0. The van der Waals surface area contributed by atoms with E-state index < -0.39 is 7.60 Å². The second kappa shape index (κ2) is 8.34. The van der Waals surface area contributed by atoms with Gasteiger partial charge in [-0.15, -0.1) is 0 Å². The maximum absolute atomic E-state index is 12.6. The fourth-order valence-corrected chi connectivity index (χ4v) is 3.31. The minimum Gasteiger partial charge on any atom is -0.424 e. The minimum atomic E-state index is -2.99. The van der Waals surface area contributed by atoms with Gasteiger partial charge in [0.15, 0.2) is 0 Å². The lowest BCUT2D eigenvalue weighted by Gasteiger charge is -2.19. The van der Waals surface area contributed by atoms with Crippen molar-refractivity contribution in [3.63, 3.8) is 0 Å². The molecule has 0 N–H and O–H groups in total. The summed E-state index contributed by atoms with van der Waals surface area (Å²) in [6.07, 6.45) is 4.27. The van der Waals surface area contributed by atoms with Crippen LogP contribution in [0, 0.1) is 0 Å². The summed E-state index contributed by atoms with van der Waals surface area (Å²) in [5.74, 6) is 0.619. The van der Waals surface area contributed by atoms with Gasteiger partial charge in [-0.3, -0.25) is 4.52 Å². The van der Waals surface area contributed by atoms with E-state index in [1.807, 2.05) is 30.3 Å². The molecule has 18 heavy (non-hydrogen) atoms. The summed E-state index contributed by atoms with van der Waals surface area (Å²) in [5.41, 5.74) is 0. The monoisotopic (exact) mass is 270 g/mol. The van der Waals surface area contributed by atoms with Gasteiger partial charge in [0, 0.05) is 0 Å². The Morgan fingerprint density at radius 1 is 1.06 bits per heavy atom. The van der Waals surface area contributed by atoms with E-state index in [-0.39, 0.29) is 0 Å². The van der Waals surface area contributed by atoms with Crippen molar-refractivity contribution >= 4 is 7.60 Å². The van der Waals surface area contributed by atoms with E-state index in [0.717, 1.165) is 25.7 Å². The van der Waals surface area contributed by atoms with Crippen LogP contribution in [0.15, 0.2) is 30.3 Å². The topological polar surface area (TPSA) is 35.5 Å². The molecule has 4 heteroatoms. The van der Waals surface area contributed by atoms with Gasteiger partial charge in [0.2, 0.25) is 0 Å². The van der Waals surface area contributed by atoms with E-state index >= 15 is 0 Å². The largest absolute Gasteiger partial charge is 0.424 e. The normalized spacial score (nSPS) is 14.1. The molecule has 1 atom stereocenters. The first-order valence-corrected chi connectivity index (χ1v) is 8.41. The predicted molar refractivity (Wildman–Crippen MR) is 75.3 cm³/mol. The molecule has 0 fully saturated rings. The summed E-state index contributed by atoms with van der Waals surface area (Å²) in [6, 6.07) is 9.25. The Labute approximate surface area is 110 Å². The second-order valence-corrected chi connectivity index (χ2v) is 6.39. The fraction of sp³-hybridized carbons (Fsp3) is 0.571. The Morgan fingerprint density at radius 2 is 1.72 bits per heavy atom. The fourth-order valence-electron chi connectivity index (χ4n) is 1.48. The molecule has 102 valence electrons. The third-order valence-electron chi connectivity index (χ3n) is 2.56. The zero-order valence-electron chi connectivity index (χ0n) is 11.3. The number of hydrogen-bond donors (Lipinski definition) is 0. The molecule has 0 heterocycles. The summed E-state index contributed by atoms with van der Waals surface area (Å²) in [7, 11) is -2.99. The molecule has 0 aromatic heterocycles. The van der Waals surface area contributed by atoms with Gasteiger partial charge < -0.3 is 4.52 Å². The number of unbranched alkanes of at least 4 members (excludes halogenated alkanes) is 2. The standard InChI is InChI=1S/C14H23O3P/c1-3-5-12-16-18(15,13-6-4-2)17-14-10-8-7-9-11-14/h7-11H,3-6,12-13H2,1-2H3. The lowest BCUT2D eigenvalue weighted by atomic mass is 10.3. The molecule has 1 aromatic rings. The van der Waals surface area contributed by atoms with Gasteiger partial charge in [-0.2, -0.15) is 0 Å². The van der Waals surface area contributed by atoms with E-state index in [1.54, 1.807) is 0 Å². The van der Waals surface area contributed by atoms with Crippen LogP contribution in [0.4, 0.5) is 0 Å². The van der Waals surface area contributed by atoms with Crippen LogP contribution in [-0.4, -0.2) is 12.8 Å². The van der Waals surface area contributed by atoms with Crippen LogP contribution < -0.4 is 4.52 Å². The van der Waals surface area contributed by atoms with Gasteiger partial charge in [0.25, 0.3) is 0 Å². The number of para-hydroxylation sites is 1. The van der Waals surface area contributed by atoms with Crippen LogP contribution in [0.2, 0.25) is 0 Å². The molecule has 3 nitrogen and oxygen atoms in total. The Hall–Kier alpha value is -0.790. The molecule has 0 aliphatic carbocycles. The zero-order chi connectivity index (χ0) is 13.3. The Bertz CT molecular complexity index is 365. The van der Waals surface area contributed by atoms with Crippen LogP contribution in [0.1, 0.15) is 39.5 Å². The van der Waals surface area contributed by atoms with E-state index in [1.165, 1.54) is 0 Å². The van der Waals surface area contributed by atoms with Crippen LogP contribution in [-0.2, 0) is 9.09 Å². The van der Waals surface area contributed by atoms with Crippen molar-refractivity contribution in [3.8, 4) is 5.75 Å². The molecule has 0 aliphatic rings. The first-order valence-electron chi connectivity index (χ1n) is 6.68. The highest BCUT2D eigenvalue weighted by molar-refractivity contribution is 7.54. The maximum Gasteiger partial charge on any atom is 0.379 e. The van der Waals surface area contributed by atoms with E-state index in [4.69, 9.17) is 9.05 Å². The summed E-state index contributed by atoms with van der Waals surface area (Å²) in [6.45, 7) is 4.65. The third-order valence-corrected chi connectivity index (χ3v) is 4.49. The second-order valence-electron chi connectivity index (χ2n) is 4.28. The summed E-state index contributed by atoms with van der Waals surface area (Å²) in [4.78, 5) is 0. The van der Waals surface area contributed by atoms with Gasteiger partial charge in [-0.25, -0.2) is 4.57 Å². The molecular weight excluding hydrogens is 247 g/mol. The molecule has 0 saturated carbocycles. The van der Waals surface area contributed by atoms with E-state index in [9.17, 15) is 4.57 Å². The smallest absolute Gasteiger partial charge is 0.379 e. The van der Waals surface area contributed by atoms with Crippen molar-refractivity contribution < 1.29 is 13.6 Å². The molecule has 1 aromatic carbocycles. The Kier molecular flexibility index (Phi) is 7.07. The van der Waals surface area contributed by atoms with Crippen LogP contribution in [0.5, 0.6) is 5.75 Å².